The van der Waals surface area contributed by atoms with Gasteiger partial charge in [0.1, 0.15) is 0 Å². The topological polar surface area (TPSA) is 37.4 Å². The zero-order chi connectivity index (χ0) is 13.3. The first-order valence-electron chi connectivity index (χ1n) is 6.47. The van der Waals surface area contributed by atoms with Crippen LogP contribution in [0.2, 0.25) is 0 Å². The third-order valence-electron chi connectivity index (χ3n) is 4.13. The Morgan fingerprint density at radius 3 is 1.83 bits per heavy atom. The van der Waals surface area contributed by atoms with E-state index < -0.39 is 0 Å². The minimum absolute atomic E-state index is 0.00730. The molecule has 0 aromatic heterocycles. The number of fused-ring (bicyclic) bond motifs is 1. The van der Waals surface area contributed by atoms with E-state index in [0.29, 0.717) is 17.7 Å². The SMILES string of the molecule is CCC(C)(CC)CN1C(=O)c2ccccc2C1=O. The lowest BCUT2D eigenvalue weighted by atomic mass is 9.84. The highest BCUT2D eigenvalue weighted by Crippen LogP contribution is 2.31. The van der Waals surface area contributed by atoms with E-state index in [0.717, 1.165) is 12.8 Å². The lowest BCUT2D eigenvalue weighted by molar-refractivity contribution is 0.0571. The van der Waals surface area contributed by atoms with Crippen molar-refractivity contribution in [1.29, 1.82) is 0 Å². The molecule has 1 aromatic rings. The molecule has 0 saturated carbocycles. The first-order chi connectivity index (χ1) is 8.52. The van der Waals surface area contributed by atoms with Crippen molar-refractivity contribution in [3.63, 3.8) is 0 Å². The van der Waals surface area contributed by atoms with Crippen LogP contribution in [-0.2, 0) is 0 Å². The molecule has 1 heterocycles. The van der Waals surface area contributed by atoms with Gasteiger partial charge in [-0.3, -0.25) is 14.5 Å². The van der Waals surface area contributed by atoms with Gasteiger partial charge >= 0.3 is 0 Å². The second-order valence-corrected chi connectivity index (χ2v) is 5.26. The second-order valence-electron chi connectivity index (χ2n) is 5.26. The molecule has 1 aliphatic heterocycles. The fourth-order valence-electron chi connectivity index (χ4n) is 2.24. The molecule has 96 valence electrons. The summed E-state index contributed by atoms with van der Waals surface area (Å²) >= 11 is 0. The van der Waals surface area contributed by atoms with Crippen molar-refractivity contribution in [1.82, 2.24) is 4.90 Å². The number of nitrogens with zero attached hydrogens (tertiary/aromatic N) is 1. The summed E-state index contributed by atoms with van der Waals surface area (Å²) in [6.45, 7) is 6.83. The zero-order valence-electron chi connectivity index (χ0n) is 11.2. The Morgan fingerprint density at radius 2 is 1.44 bits per heavy atom. The van der Waals surface area contributed by atoms with Gasteiger partial charge in [0.15, 0.2) is 0 Å². The molecule has 2 amide bonds. The lowest BCUT2D eigenvalue weighted by Gasteiger charge is -2.30. The van der Waals surface area contributed by atoms with Gasteiger partial charge in [-0.25, -0.2) is 0 Å². The number of carbonyl (C=O) groups excluding carboxylic acids is 2. The van der Waals surface area contributed by atoms with E-state index in [4.69, 9.17) is 0 Å². The highest BCUT2D eigenvalue weighted by atomic mass is 16.2. The summed E-state index contributed by atoms with van der Waals surface area (Å²) in [5, 5.41) is 0. The molecule has 0 saturated heterocycles. The highest BCUT2D eigenvalue weighted by molar-refractivity contribution is 6.21. The number of hydrogen-bond acceptors (Lipinski definition) is 2. The minimum atomic E-state index is -0.149. The number of benzene rings is 1. The van der Waals surface area contributed by atoms with Crippen LogP contribution in [0.1, 0.15) is 54.3 Å². The molecule has 0 bridgehead atoms. The van der Waals surface area contributed by atoms with Crippen molar-refractivity contribution >= 4 is 11.8 Å². The van der Waals surface area contributed by atoms with Crippen molar-refractivity contribution in [2.45, 2.75) is 33.6 Å². The molecule has 1 aromatic carbocycles. The number of hydrogen-bond donors (Lipinski definition) is 0. The summed E-state index contributed by atoms with van der Waals surface area (Å²) in [7, 11) is 0. The van der Waals surface area contributed by atoms with Crippen molar-refractivity contribution in [2.24, 2.45) is 5.41 Å². The minimum Gasteiger partial charge on any atom is -0.274 e. The Morgan fingerprint density at radius 1 is 1.00 bits per heavy atom. The Bertz CT molecular complexity index is 454. The number of imide groups is 1. The van der Waals surface area contributed by atoms with Crippen molar-refractivity contribution in [2.75, 3.05) is 6.54 Å². The smallest absolute Gasteiger partial charge is 0.261 e. The number of rotatable bonds is 4. The van der Waals surface area contributed by atoms with E-state index in [1.165, 1.54) is 4.90 Å². The largest absolute Gasteiger partial charge is 0.274 e. The van der Waals surface area contributed by atoms with Crippen molar-refractivity contribution < 1.29 is 9.59 Å². The molecule has 2 rings (SSSR count). The first-order valence-corrected chi connectivity index (χ1v) is 6.47. The van der Waals surface area contributed by atoms with E-state index in [-0.39, 0.29) is 17.2 Å². The van der Waals surface area contributed by atoms with Crippen LogP contribution in [0, 0.1) is 5.41 Å². The van der Waals surface area contributed by atoms with Crippen molar-refractivity contribution in [3.05, 3.63) is 35.4 Å². The Hall–Kier alpha value is -1.64. The van der Waals surface area contributed by atoms with Crippen molar-refractivity contribution in [3.8, 4) is 0 Å². The molecule has 0 atom stereocenters. The van der Waals surface area contributed by atoms with Crippen LogP contribution < -0.4 is 0 Å². The van der Waals surface area contributed by atoms with Crippen LogP contribution in [0.25, 0.3) is 0 Å². The summed E-state index contributed by atoms with van der Waals surface area (Å²) in [5.41, 5.74) is 1.09. The normalized spacial score (nSPS) is 15.2. The summed E-state index contributed by atoms with van der Waals surface area (Å²) in [5.74, 6) is -0.299. The van der Waals surface area contributed by atoms with E-state index in [2.05, 4.69) is 20.8 Å². The second kappa shape index (κ2) is 4.56. The van der Waals surface area contributed by atoms with Crippen LogP contribution in [0.3, 0.4) is 0 Å². The molecule has 0 fully saturated rings. The standard InChI is InChI=1S/C15H19NO2/c1-4-15(3,5-2)10-16-13(17)11-8-6-7-9-12(11)14(16)18/h6-9H,4-5,10H2,1-3H3. The van der Waals surface area contributed by atoms with Crippen LogP contribution in [0.4, 0.5) is 0 Å². The van der Waals surface area contributed by atoms with Gasteiger partial charge in [-0.1, -0.05) is 32.9 Å². The maximum absolute atomic E-state index is 12.2. The first kappa shape index (κ1) is 12.8. The van der Waals surface area contributed by atoms with E-state index in [1.807, 2.05) is 0 Å². The van der Waals surface area contributed by atoms with Gasteiger partial charge in [-0.05, 0) is 30.4 Å². The predicted octanol–water partition coefficient (Wildman–Crippen LogP) is 3.11. The average molecular weight is 245 g/mol. The Kier molecular flexibility index (Phi) is 3.24. The fraction of sp³-hybridized carbons (Fsp3) is 0.467. The lowest BCUT2D eigenvalue weighted by Crippen LogP contribution is -2.39. The third kappa shape index (κ3) is 1.94. The maximum Gasteiger partial charge on any atom is 0.261 e. The summed E-state index contributed by atoms with van der Waals surface area (Å²) in [6, 6.07) is 7.05. The third-order valence-corrected chi connectivity index (χ3v) is 4.13. The van der Waals surface area contributed by atoms with Crippen LogP contribution in [0.15, 0.2) is 24.3 Å². The zero-order valence-corrected chi connectivity index (χ0v) is 11.2. The number of carbonyl (C=O) groups is 2. The van der Waals surface area contributed by atoms with Gasteiger partial charge in [-0.2, -0.15) is 0 Å². The molecule has 3 nitrogen and oxygen atoms in total. The highest BCUT2D eigenvalue weighted by Gasteiger charge is 2.38. The van der Waals surface area contributed by atoms with Gasteiger partial charge in [0.25, 0.3) is 11.8 Å². The average Bonchev–Trinajstić information content (AvgIpc) is 2.64. The molecule has 0 radical (unpaired) electrons. The van der Waals surface area contributed by atoms with Crippen LogP contribution in [0.5, 0.6) is 0 Å². The van der Waals surface area contributed by atoms with Crippen LogP contribution in [-0.4, -0.2) is 23.3 Å². The monoisotopic (exact) mass is 245 g/mol. The van der Waals surface area contributed by atoms with E-state index in [1.54, 1.807) is 24.3 Å². The van der Waals surface area contributed by atoms with Gasteiger partial charge in [0, 0.05) is 6.54 Å². The Labute approximate surface area is 108 Å². The molecule has 0 spiro atoms. The summed E-state index contributed by atoms with van der Waals surface area (Å²) < 4.78 is 0. The molecule has 0 unspecified atom stereocenters. The Balaban J connectivity index is 2.29. The van der Waals surface area contributed by atoms with E-state index in [9.17, 15) is 9.59 Å². The van der Waals surface area contributed by atoms with E-state index >= 15 is 0 Å². The quantitative estimate of drug-likeness (QED) is 0.764. The molecular weight excluding hydrogens is 226 g/mol. The number of amides is 2. The van der Waals surface area contributed by atoms with Crippen LogP contribution >= 0.6 is 0 Å². The summed E-state index contributed by atoms with van der Waals surface area (Å²) in [4.78, 5) is 25.8. The molecular formula is C15H19NO2. The maximum atomic E-state index is 12.2. The molecule has 18 heavy (non-hydrogen) atoms. The predicted molar refractivity (Wildman–Crippen MR) is 70.5 cm³/mol. The summed E-state index contributed by atoms with van der Waals surface area (Å²) in [6.07, 6.45) is 1.91. The van der Waals surface area contributed by atoms with Gasteiger partial charge < -0.3 is 0 Å². The molecule has 1 aliphatic rings. The molecule has 3 heteroatoms. The van der Waals surface area contributed by atoms with Gasteiger partial charge in [0.2, 0.25) is 0 Å². The molecule has 0 N–H and O–H groups in total. The van der Waals surface area contributed by atoms with Gasteiger partial charge in [0.05, 0.1) is 11.1 Å². The molecule has 0 aliphatic carbocycles. The fourth-order valence-corrected chi connectivity index (χ4v) is 2.24. The van der Waals surface area contributed by atoms with Gasteiger partial charge in [-0.15, -0.1) is 0 Å².